The molecule has 0 bridgehead atoms. The van der Waals surface area contributed by atoms with E-state index in [1.807, 2.05) is 13.0 Å². The van der Waals surface area contributed by atoms with Crippen molar-refractivity contribution in [3.63, 3.8) is 0 Å². The Hall–Kier alpha value is -0.820. The molecular formula is C12H20O. The summed E-state index contributed by atoms with van der Waals surface area (Å²) >= 11 is 0. The van der Waals surface area contributed by atoms with E-state index in [0.717, 1.165) is 6.42 Å². The lowest BCUT2D eigenvalue weighted by Crippen LogP contribution is -1.85. The summed E-state index contributed by atoms with van der Waals surface area (Å²) < 4.78 is 0. The van der Waals surface area contributed by atoms with E-state index in [1.54, 1.807) is 6.08 Å². The molecule has 13 heavy (non-hydrogen) atoms. The van der Waals surface area contributed by atoms with Crippen molar-refractivity contribution in [3.05, 3.63) is 36.0 Å². The number of allylic oxidation sites excluding steroid dienone is 5. The summed E-state index contributed by atoms with van der Waals surface area (Å²) in [4.78, 5) is 0. The van der Waals surface area contributed by atoms with Crippen LogP contribution in [0.1, 0.15) is 27.2 Å². The molecule has 0 aliphatic carbocycles. The number of aliphatic hydroxyl groups excluding tert-OH is 1. The molecule has 0 aromatic heterocycles. The fourth-order valence-electron chi connectivity index (χ4n) is 1.22. The largest absolute Gasteiger partial charge is 0.392 e. The average molecular weight is 180 g/mol. The average Bonchev–Trinajstić information content (AvgIpc) is 2.05. The Morgan fingerprint density at radius 1 is 1.38 bits per heavy atom. The van der Waals surface area contributed by atoms with Gasteiger partial charge in [-0.3, -0.25) is 0 Å². The first-order valence-corrected chi connectivity index (χ1v) is 4.76. The summed E-state index contributed by atoms with van der Waals surface area (Å²) in [6.07, 6.45) is 11.2. The molecule has 74 valence electrons. The molecule has 0 rings (SSSR count). The van der Waals surface area contributed by atoms with Gasteiger partial charge in [-0.25, -0.2) is 0 Å². The molecule has 1 heteroatoms. The maximum absolute atomic E-state index is 8.53. The summed E-state index contributed by atoms with van der Waals surface area (Å²) in [6.45, 7) is 6.45. The number of hydrogen-bond donors (Lipinski definition) is 1. The van der Waals surface area contributed by atoms with Gasteiger partial charge in [0.2, 0.25) is 0 Å². The second kappa shape index (κ2) is 7.81. The number of hydrogen-bond acceptors (Lipinski definition) is 1. The summed E-state index contributed by atoms with van der Waals surface area (Å²) in [7, 11) is 0. The number of rotatable bonds is 5. The van der Waals surface area contributed by atoms with Gasteiger partial charge in [-0.1, -0.05) is 42.9 Å². The van der Waals surface area contributed by atoms with Gasteiger partial charge in [0.05, 0.1) is 6.61 Å². The third-order valence-electron chi connectivity index (χ3n) is 1.76. The van der Waals surface area contributed by atoms with Gasteiger partial charge in [-0.2, -0.15) is 0 Å². The molecule has 0 aromatic rings. The van der Waals surface area contributed by atoms with E-state index in [2.05, 4.69) is 32.1 Å². The molecule has 0 aromatic carbocycles. The molecule has 0 radical (unpaired) electrons. The molecule has 0 aliphatic heterocycles. The predicted octanol–water partition coefficient (Wildman–Crippen LogP) is 3.08. The van der Waals surface area contributed by atoms with Crippen molar-refractivity contribution in [3.8, 4) is 0 Å². The highest BCUT2D eigenvalue weighted by atomic mass is 16.2. The zero-order valence-corrected chi connectivity index (χ0v) is 8.83. The van der Waals surface area contributed by atoms with Crippen LogP contribution in [0, 0.1) is 5.92 Å². The van der Waals surface area contributed by atoms with E-state index in [0.29, 0.717) is 5.92 Å². The molecule has 0 amide bonds. The fourth-order valence-corrected chi connectivity index (χ4v) is 1.22. The second-order valence-corrected chi connectivity index (χ2v) is 3.26. The first-order chi connectivity index (χ1) is 6.20. The van der Waals surface area contributed by atoms with E-state index in [1.165, 1.54) is 5.57 Å². The highest BCUT2D eigenvalue weighted by Gasteiger charge is 1.91. The Bertz CT molecular complexity index is 199. The summed E-state index contributed by atoms with van der Waals surface area (Å²) in [6, 6.07) is 0. The van der Waals surface area contributed by atoms with Crippen molar-refractivity contribution in [2.75, 3.05) is 6.61 Å². The van der Waals surface area contributed by atoms with Crippen LogP contribution < -0.4 is 0 Å². The summed E-state index contributed by atoms with van der Waals surface area (Å²) in [5.74, 6) is 0.507. The lowest BCUT2D eigenvalue weighted by Gasteiger charge is -2.00. The minimum atomic E-state index is 0.137. The van der Waals surface area contributed by atoms with E-state index in [9.17, 15) is 0 Å². The zero-order chi connectivity index (χ0) is 10.1. The van der Waals surface area contributed by atoms with Gasteiger partial charge >= 0.3 is 0 Å². The third-order valence-corrected chi connectivity index (χ3v) is 1.76. The van der Waals surface area contributed by atoms with E-state index < -0.39 is 0 Å². The van der Waals surface area contributed by atoms with Crippen LogP contribution in [-0.4, -0.2) is 11.7 Å². The molecule has 0 saturated carbocycles. The minimum Gasteiger partial charge on any atom is -0.392 e. The molecule has 0 saturated heterocycles. The third kappa shape index (κ3) is 7.54. The SMILES string of the molecule is C/C=C/[C@H](C)/C=C(/C)C/C=C/CO. The molecule has 0 unspecified atom stereocenters. The van der Waals surface area contributed by atoms with Crippen molar-refractivity contribution >= 4 is 0 Å². The van der Waals surface area contributed by atoms with E-state index in [4.69, 9.17) is 5.11 Å². The Morgan fingerprint density at radius 3 is 2.62 bits per heavy atom. The van der Waals surface area contributed by atoms with E-state index in [-0.39, 0.29) is 6.61 Å². The van der Waals surface area contributed by atoms with Gasteiger partial charge in [0, 0.05) is 0 Å². The standard InChI is InChI=1S/C12H20O/c1-4-7-11(2)10-12(3)8-5-6-9-13/h4-7,10-11,13H,8-9H2,1-3H3/b6-5+,7-4+,12-10-/t11-/m0/s1. The normalized spacial score (nSPS) is 15.8. The fraction of sp³-hybridized carbons (Fsp3) is 0.500. The quantitative estimate of drug-likeness (QED) is 0.645. The van der Waals surface area contributed by atoms with Crippen molar-refractivity contribution in [2.24, 2.45) is 5.92 Å². The van der Waals surface area contributed by atoms with Gasteiger partial charge in [-0.15, -0.1) is 0 Å². The smallest absolute Gasteiger partial charge is 0.0612 e. The van der Waals surface area contributed by atoms with Crippen LogP contribution in [0.2, 0.25) is 0 Å². The predicted molar refractivity (Wildman–Crippen MR) is 58.6 cm³/mol. The van der Waals surface area contributed by atoms with Gasteiger partial charge in [0.15, 0.2) is 0 Å². The minimum absolute atomic E-state index is 0.137. The van der Waals surface area contributed by atoms with Crippen LogP contribution in [0.15, 0.2) is 36.0 Å². The Labute approximate surface area is 81.5 Å². The topological polar surface area (TPSA) is 20.2 Å². The molecule has 1 atom stereocenters. The zero-order valence-electron chi connectivity index (χ0n) is 8.83. The number of aliphatic hydroxyl groups is 1. The van der Waals surface area contributed by atoms with Crippen LogP contribution in [0.3, 0.4) is 0 Å². The first kappa shape index (κ1) is 12.2. The van der Waals surface area contributed by atoms with Crippen LogP contribution in [0.4, 0.5) is 0 Å². The summed E-state index contributed by atoms with van der Waals surface area (Å²) in [5, 5.41) is 8.53. The lowest BCUT2D eigenvalue weighted by molar-refractivity contribution is 0.342. The molecule has 1 nitrogen and oxygen atoms in total. The van der Waals surface area contributed by atoms with Crippen molar-refractivity contribution in [1.82, 2.24) is 0 Å². The molecule has 0 aliphatic rings. The molecule has 0 heterocycles. The van der Waals surface area contributed by atoms with Gasteiger partial charge in [-0.05, 0) is 26.2 Å². The van der Waals surface area contributed by atoms with Gasteiger partial charge < -0.3 is 5.11 Å². The van der Waals surface area contributed by atoms with Crippen LogP contribution >= 0.6 is 0 Å². The Kier molecular flexibility index (Phi) is 7.32. The summed E-state index contributed by atoms with van der Waals surface area (Å²) in [5.41, 5.74) is 1.34. The van der Waals surface area contributed by atoms with Crippen molar-refractivity contribution in [1.29, 1.82) is 0 Å². The Balaban J connectivity index is 3.93. The second-order valence-electron chi connectivity index (χ2n) is 3.26. The molecule has 0 spiro atoms. The van der Waals surface area contributed by atoms with Crippen molar-refractivity contribution < 1.29 is 5.11 Å². The van der Waals surface area contributed by atoms with E-state index >= 15 is 0 Å². The molecule has 1 N–H and O–H groups in total. The highest BCUT2D eigenvalue weighted by molar-refractivity contribution is 5.09. The molecular weight excluding hydrogens is 160 g/mol. The van der Waals surface area contributed by atoms with Crippen LogP contribution in [0.5, 0.6) is 0 Å². The maximum atomic E-state index is 8.53. The van der Waals surface area contributed by atoms with Crippen molar-refractivity contribution in [2.45, 2.75) is 27.2 Å². The lowest BCUT2D eigenvalue weighted by atomic mass is 10.1. The van der Waals surface area contributed by atoms with Gasteiger partial charge in [0.25, 0.3) is 0 Å². The Morgan fingerprint density at radius 2 is 2.08 bits per heavy atom. The van der Waals surface area contributed by atoms with Gasteiger partial charge in [0.1, 0.15) is 0 Å². The molecule has 0 fully saturated rings. The van der Waals surface area contributed by atoms with Crippen LogP contribution in [-0.2, 0) is 0 Å². The van der Waals surface area contributed by atoms with Crippen LogP contribution in [0.25, 0.3) is 0 Å². The monoisotopic (exact) mass is 180 g/mol. The first-order valence-electron chi connectivity index (χ1n) is 4.76. The highest BCUT2D eigenvalue weighted by Crippen LogP contribution is 2.08. The maximum Gasteiger partial charge on any atom is 0.0612 e.